The van der Waals surface area contributed by atoms with Crippen molar-refractivity contribution in [2.24, 2.45) is 5.92 Å². The van der Waals surface area contributed by atoms with Gasteiger partial charge in [-0.25, -0.2) is 0 Å². The lowest BCUT2D eigenvalue weighted by molar-refractivity contribution is 0.413. The Morgan fingerprint density at radius 1 is 1.32 bits per heavy atom. The fraction of sp³-hybridized carbons (Fsp3) is 0.400. The second-order valence-corrected chi connectivity index (χ2v) is 5.05. The van der Waals surface area contributed by atoms with Gasteiger partial charge in [0, 0.05) is 24.5 Å². The summed E-state index contributed by atoms with van der Waals surface area (Å²) in [6, 6.07) is 10.8. The average molecular weight is 257 g/mol. The highest BCUT2D eigenvalue weighted by atomic mass is 16.5. The van der Waals surface area contributed by atoms with Gasteiger partial charge in [0.1, 0.15) is 5.75 Å². The van der Waals surface area contributed by atoms with E-state index in [0.717, 1.165) is 23.9 Å². The van der Waals surface area contributed by atoms with Crippen LogP contribution in [0.3, 0.4) is 0 Å². The smallest absolute Gasteiger partial charge is 0.118 e. The van der Waals surface area contributed by atoms with E-state index in [1.54, 1.807) is 13.3 Å². The summed E-state index contributed by atoms with van der Waals surface area (Å²) in [5.74, 6) is 1.67. The van der Waals surface area contributed by atoms with Gasteiger partial charge >= 0.3 is 0 Å². The molecule has 1 aromatic heterocycles. The SMILES string of the molecule is COc1ccc(C(NCc2ccn[nH]2)C2CC2)cc1. The van der Waals surface area contributed by atoms with Crippen molar-refractivity contribution in [3.8, 4) is 5.75 Å². The molecule has 1 heterocycles. The predicted octanol–water partition coefficient (Wildman–Crippen LogP) is 2.66. The lowest BCUT2D eigenvalue weighted by atomic mass is 10.0. The third-order valence-corrected chi connectivity index (χ3v) is 3.64. The van der Waals surface area contributed by atoms with Crippen LogP contribution in [0.1, 0.15) is 30.1 Å². The summed E-state index contributed by atoms with van der Waals surface area (Å²) in [7, 11) is 1.70. The summed E-state index contributed by atoms with van der Waals surface area (Å²) >= 11 is 0. The van der Waals surface area contributed by atoms with Gasteiger partial charge in [0.15, 0.2) is 0 Å². The predicted molar refractivity (Wildman–Crippen MR) is 73.9 cm³/mol. The maximum atomic E-state index is 5.21. The minimum atomic E-state index is 0.425. The molecule has 0 bridgehead atoms. The monoisotopic (exact) mass is 257 g/mol. The largest absolute Gasteiger partial charge is 0.497 e. The van der Waals surface area contributed by atoms with Crippen molar-refractivity contribution < 1.29 is 4.74 Å². The molecule has 1 aliphatic rings. The van der Waals surface area contributed by atoms with Crippen molar-refractivity contribution in [2.45, 2.75) is 25.4 Å². The van der Waals surface area contributed by atoms with Crippen LogP contribution in [0.5, 0.6) is 5.75 Å². The zero-order chi connectivity index (χ0) is 13.1. The molecule has 1 saturated carbocycles. The van der Waals surface area contributed by atoms with Crippen LogP contribution in [0.4, 0.5) is 0 Å². The molecule has 3 rings (SSSR count). The van der Waals surface area contributed by atoms with Crippen LogP contribution in [0.2, 0.25) is 0 Å². The standard InChI is InChI=1S/C15H19N3O/c1-19-14-6-4-12(5-7-14)15(11-2-3-11)16-10-13-8-9-17-18-13/h4-9,11,15-16H,2-3,10H2,1H3,(H,17,18). The van der Waals surface area contributed by atoms with Crippen molar-refractivity contribution in [1.82, 2.24) is 15.5 Å². The van der Waals surface area contributed by atoms with Gasteiger partial charge in [0.05, 0.1) is 7.11 Å². The molecule has 1 atom stereocenters. The lowest BCUT2D eigenvalue weighted by Gasteiger charge is -2.18. The molecule has 0 amide bonds. The molecule has 0 aliphatic heterocycles. The second-order valence-electron chi connectivity index (χ2n) is 5.05. The number of nitrogens with zero attached hydrogens (tertiary/aromatic N) is 1. The van der Waals surface area contributed by atoms with E-state index in [1.165, 1.54) is 18.4 Å². The van der Waals surface area contributed by atoms with E-state index in [1.807, 2.05) is 18.2 Å². The molecule has 100 valence electrons. The number of aromatic nitrogens is 2. The molecule has 0 saturated heterocycles. The summed E-state index contributed by atoms with van der Waals surface area (Å²) in [4.78, 5) is 0. The first-order valence-corrected chi connectivity index (χ1v) is 6.72. The first kappa shape index (κ1) is 12.2. The Morgan fingerprint density at radius 2 is 2.11 bits per heavy atom. The van der Waals surface area contributed by atoms with E-state index in [2.05, 4.69) is 27.6 Å². The molecule has 0 spiro atoms. The Kier molecular flexibility index (Phi) is 3.51. The molecule has 0 radical (unpaired) electrons. The number of rotatable bonds is 6. The number of methoxy groups -OCH3 is 1. The van der Waals surface area contributed by atoms with E-state index < -0.39 is 0 Å². The van der Waals surface area contributed by atoms with Gasteiger partial charge in [-0.1, -0.05) is 12.1 Å². The zero-order valence-electron chi connectivity index (χ0n) is 11.1. The van der Waals surface area contributed by atoms with Gasteiger partial charge in [-0.2, -0.15) is 5.10 Å². The van der Waals surface area contributed by atoms with Crippen molar-refractivity contribution >= 4 is 0 Å². The first-order valence-electron chi connectivity index (χ1n) is 6.72. The minimum Gasteiger partial charge on any atom is -0.497 e. The van der Waals surface area contributed by atoms with E-state index in [-0.39, 0.29) is 0 Å². The summed E-state index contributed by atoms with van der Waals surface area (Å²) in [6.45, 7) is 0.827. The Hall–Kier alpha value is -1.81. The molecule has 2 N–H and O–H groups in total. The van der Waals surface area contributed by atoms with Crippen molar-refractivity contribution in [3.63, 3.8) is 0 Å². The van der Waals surface area contributed by atoms with Crippen LogP contribution < -0.4 is 10.1 Å². The van der Waals surface area contributed by atoms with Crippen molar-refractivity contribution in [3.05, 3.63) is 47.8 Å². The normalized spacial score (nSPS) is 16.3. The Balaban J connectivity index is 1.69. The fourth-order valence-corrected chi connectivity index (χ4v) is 2.40. The van der Waals surface area contributed by atoms with Gasteiger partial charge < -0.3 is 10.1 Å². The van der Waals surface area contributed by atoms with Gasteiger partial charge in [0.2, 0.25) is 0 Å². The minimum absolute atomic E-state index is 0.425. The lowest BCUT2D eigenvalue weighted by Crippen LogP contribution is -2.22. The molecule has 1 fully saturated rings. The van der Waals surface area contributed by atoms with Gasteiger partial charge in [0.25, 0.3) is 0 Å². The molecule has 19 heavy (non-hydrogen) atoms. The topological polar surface area (TPSA) is 49.9 Å². The molecule has 1 unspecified atom stereocenters. The quantitative estimate of drug-likeness (QED) is 0.836. The maximum Gasteiger partial charge on any atom is 0.118 e. The van der Waals surface area contributed by atoms with Crippen molar-refractivity contribution in [1.29, 1.82) is 0 Å². The molecule has 1 aromatic carbocycles. The van der Waals surface area contributed by atoms with E-state index in [4.69, 9.17) is 4.74 Å². The molecular formula is C15H19N3O. The highest BCUT2D eigenvalue weighted by Crippen LogP contribution is 2.41. The first-order chi connectivity index (χ1) is 9.36. The number of nitrogens with one attached hydrogen (secondary N) is 2. The Bertz CT molecular complexity index is 503. The third-order valence-electron chi connectivity index (χ3n) is 3.64. The number of ether oxygens (including phenoxy) is 1. The van der Waals surface area contributed by atoms with Crippen LogP contribution in [0.15, 0.2) is 36.5 Å². The number of H-pyrrole nitrogens is 1. The second kappa shape index (κ2) is 5.45. The molecular weight excluding hydrogens is 238 g/mol. The summed E-state index contributed by atoms with van der Waals surface area (Å²) in [6.07, 6.45) is 4.41. The number of hydrogen-bond acceptors (Lipinski definition) is 3. The Labute approximate surface area is 113 Å². The fourth-order valence-electron chi connectivity index (χ4n) is 2.40. The van der Waals surface area contributed by atoms with E-state index in [9.17, 15) is 0 Å². The highest BCUT2D eigenvalue weighted by Gasteiger charge is 2.31. The zero-order valence-corrected chi connectivity index (χ0v) is 11.1. The van der Waals surface area contributed by atoms with Crippen LogP contribution in [0, 0.1) is 5.92 Å². The number of aromatic amines is 1. The van der Waals surface area contributed by atoms with Gasteiger partial charge in [-0.3, -0.25) is 5.10 Å². The van der Waals surface area contributed by atoms with Crippen LogP contribution in [-0.2, 0) is 6.54 Å². The summed E-state index contributed by atoms with van der Waals surface area (Å²) in [5.41, 5.74) is 2.46. The molecule has 4 heteroatoms. The van der Waals surface area contributed by atoms with Crippen LogP contribution in [0.25, 0.3) is 0 Å². The highest BCUT2D eigenvalue weighted by molar-refractivity contribution is 5.30. The van der Waals surface area contributed by atoms with Gasteiger partial charge in [-0.15, -0.1) is 0 Å². The van der Waals surface area contributed by atoms with E-state index >= 15 is 0 Å². The van der Waals surface area contributed by atoms with Crippen molar-refractivity contribution in [2.75, 3.05) is 7.11 Å². The number of benzene rings is 1. The maximum absolute atomic E-state index is 5.21. The average Bonchev–Trinajstić information content (AvgIpc) is 3.15. The van der Waals surface area contributed by atoms with E-state index in [0.29, 0.717) is 6.04 Å². The van der Waals surface area contributed by atoms with Gasteiger partial charge in [-0.05, 0) is 42.5 Å². The molecule has 2 aromatic rings. The molecule has 1 aliphatic carbocycles. The third kappa shape index (κ3) is 2.96. The molecule has 4 nitrogen and oxygen atoms in total. The summed E-state index contributed by atoms with van der Waals surface area (Å²) < 4.78 is 5.21. The van der Waals surface area contributed by atoms with Crippen LogP contribution in [-0.4, -0.2) is 17.3 Å². The van der Waals surface area contributed by atoms with Crippen LogP contribution >= 0.6 is 0 Å². The Morgan fingerprint density at radius 3 is 2.68 bits per heavy atom. The summed E-state index contributed by atoms with van der Waals surface area (Å²) in [5, 5.41) is 10.6. The number of hydrogen-bond donors (Lipinski definition) is 2.